The molecule has 3 heterocycles. The van der Waals surface area contributed by atoms with E-state index in [1.165, 1.54) is 4.90 Å². The predicted octanol–water partition coefficient (Wildman–Crippen LogP) is 1.10. The molecule has 3 rings (SSSR count). The summed E-state index contributed by atoms with van der Waals surface area (Å²) < 4.78 is 5.35. The second-order valence-electron chi connectivity index (χ2n) is 5.73. The van der Waals surface area contributed by atoms with E-state index in [0.717, 1.165) is 57.2 Å². The summed E-state index contributed by atoms with van der Waals surface area (Å²) in [6.07, 6.45) is 2.78. The van der Waals surface area contributed by atoms with Crippen LogP contribution in [0.2, 0.25) is 0 Å². The SMILES string of the molecule is O=C(O)N1CCC(c2ncc(CN3CCOCC3)[nH]2)CC1. The van der Waals surface area contributed by atoms with Crippen molar-refractivity contribution in [2.45, 2.75) is 25.3 Å². The Morgan fingerprint density at radius 2 is 2.05 bits per heavy atom. The zero-order valence-corrected chi connectivity index (χ0v) is 12.1. The number of likely N-dealkylation sites (tertiary alicyclic amines) is 1. The van der Waals surface area contributed by atoms with Gasteiger partial charge in [-0.3, -0.25) is 4.90 Å². The maximum Gasteiger partial charge on any atom is 0.407 e. The van der Waals surface area contributed by atoms with E-state index in [2.05, 4.69) is 14.9 Å². The van der Waals surface area contributed by atoms with Crippen LogP contribution in [0, 0.1) is 0 Å². The summed E-state index contributed by atoms with van der Waals surface area (Å²) in [5.74, 6) is 1.35. The van der Waals surface area contributed by atoms with E-state index in [4.69, 9.17) is 9.84 Å². The predicted molar refractivity (Wildman–Crippen MR) is 76.3 cm³/mol. The van der Waals surface area contributed by atoms with Crippen LogP contribution in [0.15, 0.2) is 6.20 Å². The van der Waals surface area contributed by atoms with Gasteiger partial charge < -0.3 is 19.7 Å². The Labute approximate surface area is 123 Å². The van der Waals surface area contributed by atoms with Gasteiger partial charge in [-0.1, -0.05) is 0 Å². The lowest BCUT2D eigenvalue weighted by molar-refractivity contribution is 0.0337. The van der Waals surface area contributed by atoms with Gasteiger partial charge in [-0.25, -0.2) is 9.78 Å². The summed E-state index contributed by atoms with van der Waals surface area (Å²) in [4.78, 5) is 22.7. The fraction of sp³-hybridized carbons (Fsp3) is 0.714. The number of ether oxygens (including phenoxy) is 1. The summed E-state index contributed by atoms with van der Waals surface area (Å²) in [5, 5.41) is 8.97. The number of aromatic nitrogens is 2. The molecule has 0 aromatic carbocycles. The average molecular weight is 294 g/mol. The first-order valence-corrected chi connectivity index (χ1v) is 7.54. The Balaban J connectivity index is 1.54. The van der Waals surface area contributed by atoms with Crippen molar-refractivity contribution in [3.05, 3.63) is 17.7 Å². The van der Waals surface area contributed by atoms with Crippen molar-refractivity contribution in [2.24, 2.45) is 0 Å². The standard InChI is InChI=1S/C14H22N4O3/c19-14(20)18-3-1-11(2-4-18)13-15-9-12(16-13)10-17-5-7-21-8-6-17/h9,11H,1-8,10H2,(H,15,16)(H,19,20). The van der Waals surface area contributed by atoms with Crippen molar-refractivity contribution in [3.8, 4) is 0 Å². The molecule has 2 aliphatic rings. The zero-order valence-electron chi connectivity index (χ0n) is 12.1. The Bertz CT molecular complexity index is 476. The number of nitrogens with one attached hydrogen (secondary N) is 1. The van der Waals surface area contributed by atoms with E-state index < -0.39 is 6.09 Å². The number of morpholine rings is 1. The van der Waals surface area contributed by atoms with Gasteiger partial charge in [0.1, 0.15) is 5.82 Å². The van der Waals surface area contributed by atoms with Gasteiger partial charge in [-0.2, -0.15) is 0 Å². The third-order valence-electron chi connectivity index (χ3n) is 4.30. The highest BCUT2D eigenvalue weighted by atomic mass is 16.5. The van der Waals surface area contributed by atoms with Crippen LogP contribution in [0.5, 0.6) is 0 Å². The van der Waals surface area contributed by atoms with Crippen LogP contribution >= 0.6 is 0 Å². The summed E-state index contributed by atoms with van der Waals surface area (Å²) in [6.45, 7) is 5.60. The van der Waals surface area contributed by atoms with Gasteiger partial charge in [0.25, 0.3) is 0 Å². The molecule has 7 heteroatoms. The first-order chi connectivity index (χ1) is 10.2. The maximum absolute atomic E-state index is 10.9. The van der Waals surface area contributed by atoms with Gasteiger partial charge in [-0.05, 0) is 12.8 Å². The number of rotatable bonds is 3. The molecule has 116 valence electrons. The van der Waals surface area contributed by atoms with Crippen LogP contribution in [-0.4, -0.2) is 70.4 Å². The molecule has 1 aromatic heterocycles. The maximum atomic E-state index is 10.9. The molecule has 1 aromatic rings. The van der Waals surface area contributed by atoms with Crippen molar-refractivity contribution in [3.63, 3.8) is 0 Å². The number of nitrogens with zero attached hydrogens (tertiary/aromatic N) is 3. The molecule has 2 fully saturated rings. The second-order valence-corrected chi connectivity index (χ2v) is 5.73. The van der Waals surface area contributed by atoms with E-state index in [1.54, 1.807) is 0 Å². The van der Waals surface area contributed by atoms with E-state index in [0.29, 0.717) is 19.0 Å². The zero-order chi connectivity index (χ0) is 14.7. The Kier molecular flexibility index (Phi) is 4.40. The lowest BCUT2D eigenvalue weighted by Gasteiger charge is -2.29. The molecular formula is C14H22N4O3. The number of H-pyrrole nitrogens is 1. The first-order valence-electron chi connectivity index (χ1n) is 7.54. The highest BCUT2D eigenvalue weighted by molar-refractivity contribution is 5.65. The number of amides is 1. The Morgan fingerprint density at radius 3 is 2.71 bits per heavy atom. The minimum Gasteiger partial charge on any atom is -0.465 e. The van der Waals surface area contributed by atoms with Gasteiger partial charge in [-0.15, -0.1) is 0 Å². The number of hydrogen-bond acceptors (Lipinski definition) is 4. The number of carbonyl (C=O) groups is 1. The minimum absolute atomic E-state index is 0.346. The van der Waals surface area contributed by atoms with Crippen LogP contribution in [0.25, 0.3) is 0 Å². The quantitative estimate of drug-likeness (QED) is 0.872. The Hall–Kier alpha value is -1.60. The summed E-state index contributed by atoms with van der Waals surface area (Å²) >= 11 is 0. The van der Waals surface area contributed by atoms with E-state index in [1.807, 2.05) is 6.20 Å². The minimum atomic E-state index is -0.819. The van der Waals surface area contributed by atoms with Gasteiger partial charge in [0.2, 0.25) is 0 Å². The molecule has 0 saturated carbocycles. The van der Waals surface area contributed by atoms with E-state index in [9.17, 15) is 4.79 Å². The molecule has 7 nitrogen and oxygen atoms in total. The van der Waals surface area contributed by atoms with Gasteiger partial charge in [0.05, 0.1) is 13.2 Å². The van der Waals surface area contributed by atoms with Crippen molar-refractivity contribution in [2.75, 3.05) is 39.4 Å². The largest absolute Gasteiger partial charge is 0.465 e. The lowest BCUT2D eigenvalue weighted by atomic mass is 9.96. The van der Waals surface area contributed by atoms with Gasteiger partial charge in [0.15, 0.2) is 0 Å². The van der Waals surface area contributed by atoms with E-state index in [-0.39, 0.29) is 0 Å². The molecule has 2 saturated heterocycles. The third-order valence-corrected chi connectivity index (χ3v) is 4.30. The third kappa shape index (κ3) is 3.54. The molecular weight excluding hydrogens is 272 g/mol. The fourth-order valence-corrected chi connectivity index (χ4v) is 3.01. The lowest BCUT2D eigenvalue weighted by Crippen LogP contribution is -2.37. The Morgan fingerprint density at radius 1 is 1.33 bits per heavy atom. The van der Waals surface area contributed by atoms with Crippen LogP contribution < -0.4 is 0 Å². The summed E-state index contributed by atoms with van der Waals surface area (Å²) in [5.41, 5.74) is 1.13. The molecule has 2 N–H and O–H groups in total. The van der Waals surface area contributed by atoms with Gasteiger partial charge in [0, 0.05) is 50.5 Å². The summed E-state index contributed by atoms with van der Waals surface area (Å²) in [7, 11) is 0. The number of imidazole rings is 1. The van der Waals surface area contributed by atoms with Crippen LogP contribution in [0.1, 0.15) is 30.3 Å². The molecule has 2 aliphatic heterocycles. The molecule has 0 bridgehead atoms. The molecule has 0 aliphatic carbocycles. The van der Waals surface area contributed by atoms with Crippen molar-refractivity contribution in [1.82, 2.24) is 19.8 Å². The fourth-order valence-electron chi connectivity index (χ4n) is 3.01. The number of carboxylic acid groups (broad SMARTS) is 1. The van der Waals surface area contributed by atoms with E-state index >= 15 is 0 Å². The summed E-state index contributed by atoms with van der Waals surface area (Å²) in [6, 6.07) is 0. The topological polar surface area (TPSA) is 81.7 Å². The molecule has 0 radical (unpaired) electrons. The highest BCUT2D eigenvalue weighted by Gasteiger charge is 2.25. The van der Waals surface area contributed by atoms with Crippen LogP contribution in [0.3, 0.4) is 0 Å². The number of aromatic amines is 1. The molecule has 1 amide bonds. The second kappa shape index (κ2) is 6.44. The smallest absolute Gasteiger partial charge is 0.407 e. The van der Waals surface area contributed by atoms with Crippen molar-refractivity contribution < 1.29 is 14.6 Å². The monoisotopic (exact) mass is 294 g/mol. The molecule has 0 atom stereocenters. The van der Waals surface area contributed by atoms with Crippen LogP contribution in [-0.2, 0) is 11.3 Å². The molecule has 21 heavy (non-hydrogen) atoms. The van der Waals surface area contributed by atoms with Crippen molar-refractivity contribution in [1.29, 1.82) is 0 Å². The molecule has 0 unspecified atom stereocenters. The number of piperidine rings is 1. The van der Waals surface area contributed by atoms with Crippen LogP contribution in [0.4, 0.5) is 4.79 Å². The van der Waals surface area contributed by atoms with Crippen molar-refractivity contribution >= 4 is 6.09 Å². The first kappa shape index (κ1) is 14.3. The van der Waals surface area contributed by atoms with Gasteiger partial charge >= 0.3 is 6.09 Å². The highest BCUT2D eigenvalue weighted by Crippen LogP contribution is 2.26. The molecule has 0 spiro atoms. The average Bonchev–Trinajstić information content (AvgIpc) is 2.97. The normalized spacial score (nSPS) is 21.6. The number of hydrogen-bond donors (Lipinski definition) is 2.